The maximum absolute atomic E-state index is 12.3. The van der Waals surface area contributed by atoms with Gasteiger partial charge in [-0.25, -0.2) is 4.79 Å². The average Bonchev–Trinajstić information content (AvgIpc) is 3.16. The Morgan fingerprint density at radius 2 is 1.92 bits per heavy atom. The predicted molar refractivity (Wildman–Crippen MR) is 91.0 cm³/mol. The summed E-state index contributed by atoms with van der Waals surface area (Å²) in [6.45, 7) is 4.09. The molecule has 1 aliphatic rings. The largest absolute Gasteiger partial charge is 0.450 e. The first-order valence-electron chi connectivity index (χ1n) is 8.60. The van der Waals surface area contributed by atoms with Crippen LogP contribution in [0.1, 0.15) is 19.2 Å². The Hall–Kier alpha value is -2.97. The Bertz CT molecular complexity index is 741. The van der Waals surface area contributed by atoms with Crippen molar-refractivity contribution < 1.29 is 18.7 Å². The van der Waals surface area contributed by atoms with E-state index in [0.717, 1.165) is 0 Å². The molecule has 0 spiro atoms. The van der Waals surface area contributed by atoms with E-state index in [1.807, 2.05) is 6.07 Å². The Balaban J connectivity index is 1.46. The van der Waals surface area contributed by atoms with Crippen LogP contribution in [0.5, 0.6) is 0 Å². The van der Waals surface area contributed by atoms with Gasteiger partial charge in [0.15, 0.2) is 0 Å². The molecule has 0 unspecified atom stereocenters. The molecule has 0 saturated carbocycles. The number of piperazine rings is 1. The normalized spacial score (nSPS) is 14.3. The van der Waals surface area contributed by atoms with Gasteiger partial charge >= 0.3 is 6.09 Å². The Morgan fingerprint density at radius 3 is 2.62 bits per heavy atom. The van der Waals surface area contributed by atoms with Crippen LogP contribution < -0.4 is 0 Å². The van der Waals surface area contributed by atoms with E-state index in [1.54, 1.807) is 35.1 Å². The molecule has 9 heteroatoms. The molecule has 1 saturated heterocycles. The summed E-state index contributed by atoms with van der Waals surface area (Å²) in [6, 6.07) is 5.43. The third-order valence-electron chi connectivity index (χ3n) is 4.06. The number of amides is 2. The quantitative estimate of drug-likeness (QED) is 0.794. The lowest BCUT2D eigenvalue weighted by Crippen LogP contribution is -2.50. The van der Waals surface area contributed by atoms with Gasteiger partial charge in [0, 0.05) is 45.2 Å². The SMILES string of the molecule is CCOC(=O)N1CCN(C(=O)CCc2nnc(-c3ccccn3)o2)CC1. The number of aromatic nitrogens is 3. The standard InChI is InChI=1S/C17H21N5O4/c1-2-25-17(24)22-11-9-21(10-12-22)15(23)7-6-14-19-20-16(26-14)13-5-3-4-8-18-13/h3-5,8H,2,6-7,9-12H2,1H3. The molecule has 1 fully saturated rings. The second-order valence-electron chi connectivity index (χ2n) is 5.78. The molecule has 138 valence electrons. The minimum atomic E-state index is -0.326. The number of carbonyl (C=O) groups excluding carboxylic acids is 2. The number of rotatable bonds is 5. The number of nitrogens with zero attached hydrogens (tertiary/aromatic N) is 5. The van der Waals surface area contributed by atoms with E-state index in [2.05, 4.69) is 15.2 Å². The van der Waals surface area contributed by atoms with Gasteiger partial charge in [0.2, 0.25) is 11.8 Å². The van der Waals surface area contributed by atoms with Crippen LogP contribution in [0.3, 0.4) is 0 Å². The van der Waals surface area contributed by atoms with Gasteiger partial charge in [-0.3, -0.25) is 9.78 Å². The Kier molecular flexibility index (Phi) is 5.77. The zero-order valence-corrected chi connectivity index (χ0v) is 14.6. The molecule has 1 aliphatic heterocycles. The predicted octanol–water partition coefficient (Wildman–Crippen LogP) is 1.36. The molecular formula is C17H21N5O4. The fourth-order valence-corrected chi connectivity index (χ4v) is 2.67. The van der Waals surface area contributed by atoms with Crippen molar-refractivity contribution in [3.05, 3.63) is 30.3 Å². The fraction of sp³-hybridized carbons (Fsp3) is 0.471. The van der Waals surface area contributed by atoms with Crippen molar-refractivity contribution in [1.82, 2.24) is 25.0 Å². The first-order chi connectivity index (χ1) is 12.7. The molecule has 3 heterocycles. The van der Waals surface area contributed by atoms with E-state index in [-0.39, 0.29) is 18.4 Å². The van der Waals surface area contributed by atoms with E-state index in [9.17, 15) is 9.59 Å². The minimum absolute atomic E-state index is 0.00564. The van der Waals surface area contributed by atoms with Gasteiger partial charge in [-0.05, 0) is 19.1 Å². The van der Waals surface area contributed by atoms with Crippen LogP contribution in [0.15, 0.2) is 28.8 Å². The average molecular weight is 359 g/mol. The number of hydrogen-bond acceptors (Lipinski definition) is 7. The smallest absolute Gasteiger partial charge is 0.409 e. The molecule has 9 nitrogen and oxygen atoms in total. The number of aryl methyl sites for hydroxylation is 1. The second-order valence-corrected chi connectivity index (χ2v) is 5.78. The summed E-state index contributed by atoms with van der Waals surface area (Å²) >= 11 is 0. The summed E-state index contributed by atoms with van der Waals surface area (Å²) in [5.41, 5.74) is 0.604. The van der Waals surface area contributed by atoms with Crippen molar-refractivity contribution in [3.63, 3.8) is 0 Å². The number of ether oxygens (including phenoxy) is 1. The molecule has 0 aliphatic carbocycles. The third-order valence-corrected chi connectivity index (χ3v) is 4.06. The van der Waals surface area contributed by atoms with Crippen molar-refractivity contribution in [2.45, 2.75) is 19.8 Å². The topological polar surface area (TPSA) is 102 Å². The van der Waals surface area contributed by atoms with Gasteiger partial charge in [0.1, 0.15) is 5.69 Å². The zero-order valence-electron chi connectivity index (χ0n) is 14.6. The van der Waals surface area contributed by atoms with Crippen LogP contribution in [0.25, 0.3) is 11.6 Å². The van der Waals surface area contributed by atoms with E-state index >= 15 is 0 Å². The molecule has 0 N–H and O–H groups in total. The summed E-state index contributed by atoms with van der Waals surface area (Å²) in [5.74, 6) is 0.756. The highest BCUT2D eigenvalue weighted by Crippen LogP contribution is 2.15. The van der Waals surface area contributed by atoms with Gasteiger partial charge in [0.25, 0.3) is 5.89 Å². The molecule has 3 rings (SSSR count). The summed E-state index contributed by atoms with van der Waals surface area (Å²) in [7, 11) is 0. The summed E-state index contributed by atoms with van der Waals surface area (Å²) in [6.07, 6.45) is 1.98. The summed E-state index contributed by atoms with van der Waals surface area (Å²) in [4.78, 5) is 31.5. The molecular weight excluding hydrogens is 338 g/mol. The number of carbonyl (C=O) groups is 2. The molecule has 2 aromatic rings. The molecule has 0 radical (unpaired) electrons. The highest BCUT2D eigenvalue weighted by molar-refractivity contribution is 5.77. The lowest BCUT2D eigenvalue weighted by atomic mass is 10.2. The third kappa shape index (κ3) is 4.35. The minimum Gasteiger partial charge on any atom is -0.450 e. The van der Waals surface area contributed by atoms with Gasteiger partial charge in [-0.15, -0.1) is 10.2 Å². The summed E-state index contributed by atoms with van der Waals surface area (Å²) in [5, 5.41) is 7.93. The van der Waals surface area contributed by atoms with Crippen LogP contribution in [0.2, 0.25) is 0 Å². The van der Waals surface area contributed by atoms with Crippen LogP contribution in [-0.4, -0.2) is 69.8 Å². The van der Waals surface area contributed by atoms with E-state index < -0.39 is 0 Å². The van der Waals surface area contributed by atoms with Gasteiger partial charge in [0.05, 0.1) is 6.61 Å². The maximum Gasteiger partial charge on any atom is 0.409 e. The van der Waals surface area contributed by atoms with Crippen molar-refractivity contribution in [3.8, 4) is 11.6 Å². The number of pyridine rings is 1. The van der Waals surface area contributed by atoms with Gasteiger partial charge in [-0.2, -0.15) is 0 Å². The first-order valence-corrected chi connectivity index (χ1v) is 8.60. The van der Waals surface area contributed by atoms with E-state index in [4.69, 9.17) is 9.15 Å². The van der Waals surface area contributed by atoms with E-state index in [1.165, 1.54) is 0 Å². The fourth-order valence-electron chi connectivity index (χ4n) is 2.67. The Labute approximate surface area is 151 Å². The van der Waals surface area contributed by atoms with Crippen LogP contribution in [-0.2, 0) is 16.0 Å². The van der Waals surface area contributed by atoms with Crippen LogP contribution in [0.4, 0.5) is 4.79 Å². The number of hydrogen-bond donors (Lipinski definition) is 0. The van der Waals surface area contributed by atoms with Crippen molar-refractivity contribution in [2.75, 3.05) is 32.8 Å². The van der Waals surface area contributed by atoms with Crippen molar-refractivity contribution >= 4 is 12.0 Å². The lowest BCUT2D eigenvalue weighted by Gasteiger charge is -2.34. The van der Waals surface area contributed by atoms with Gasteiger partial charge in [-0.1, -0.05) is 6.07 Å². The summed E-state index contributed by atoms with van der Waals surface area (Å²) < 4.78 is 10.5. The molecule has 0 bridgehead atoms. The van der Waals surface area contributed by atoms with Crippen LogP contribution >= 0.6 is 0 Å². The van der Waals surface area contributed by atoms with Crippen molar-refractivity contribution in [1.29, 1.82) is 0 Å². The lowest BCUT2D eigenvalue weighted by molar-refractivity contribution is -0.132. The maximum atomic E-state index is 12.3. The molecule has 26 heavy (non-hydrogen) atoms. The molecule has 2 amide bonds. The van der Waals surface area contributed by atoms with Crippen LogP contribution in [0, 0.1) is 0 Å². The molecule has 0 aromatic carbocycles. The molecule has 2 aromatic heterocycles. The molecule has 0 atom stereocenters. The Morgan fingerprint density at radius 1 is 1.15 bits per heavy atom. The first kappa shape index (κ1) is 17.8. The highest BCUT2D eigenvalue weighted by atomic mass is 16.6. The monoisotopic (exact) mass is 359 g/mol. The van der Waals surface area contributed by atoms with Crippen molar-refractivity contribution in [2.24, 2.45) is 0 Å². The van der Waals surface area contributed by atoms with E-state index in [0.29, 0.717) is 56.7 Å². The second kappa shape index (κ2) is 8.41. The zero-order chi connectivity index (χ0) is 18.4. The van der Waals surface area contributed by atoms with Gasteiger partial charge < -0.3 is 19.0 Å². The highest BCUT2D eigenvalue weighted by Gasteiger charge is 2.25.